The maximum Gasteiger partial charge on any atom is 0.511 e. The quantitative estimate of drug-likeness (QED) is 0.559. The third kappa shape index (κ3) is 2.09. The molecule has 0 unspecified atom stereocenters. The number of aromatic amines is 2. The van der Waals surface area contributed by atoms with Crippen molar-refractivity contribution in [2.45, 2.75) is 25.8 Å². The highest BCUT2D eigenvalue weighted by Gasteiger charge is 2.19. The number of nitrogens with zero attached hydrogens (tertiary/aromatic N) is 1. The van der Waals surface area contributed by atoms with E-state index in [0.717, 1.165) is 35.1 Å². The summed E-state index contributed by atoms with van der Waals surface area (Å²) in [7, 11) is 0. The minimum atomic E-state index is -1.31. The fourth-order valence-corrected chi connectivity index (χ4v) is 1.91. The Bertz CT molecular complexity index is 679. The normalized spacial score (nSPS) is 16.2. The Hall–Kier alpha value is -2.24. The second kappa shape index (κ2) is 3.90. The van der Waals surface area contributed by atoms with Gasteiger partial charge in [0.1, 0.15) is 5.75 Å². The monoisotopic (exact) mass is 247 g/mol. The molecule has 1 fully saturated rings. The van der Waals surface area contributed by atoms with Gasteiger partial charge in [-0.05, 0) is 31.4 Å². The van der Waals surface area contributed by atoms with Crippen LogP contribution in [-0.4, -0.2) is 27.3 Å². The van der Waals surface area contributed by atoms with E-state index in [0.29, 0.717) is 11.8 Å². The molecule has 18 heavy (non-hydrogen) atoms. The first-order valence-electron chi connectivity index (χ1n) is 5.79. The van der Waals surface area contributed by atoms with Crippen LogP contribution in [0.25, 0.3) is 11.0 Å². The molecule has 0 saturated heterocycles. The van der Waals surface area contributed by atoms with Gasteiger partial charge >= 0.3 is 6.16 Å². The lowest BCUT2D eigenvalue weighted by molar-refractivity contribution is 0.144. The molecule has 6 heteroatoms. The second-order valence-corrected chi connectivity index (χ2v) is 4.49. The van der Waals surface area contributed by atoms with Crippen molar-refractivity contribution in [1.29, 1.82) is 0 Å². The number of carbonyl (C=O) groups is 1. The Balaban J connectivity index is 2.08. The number of ether oxygens (including phenoxy) is 1. The van der Waals surface area contributed by atoms with Gasteiger partial charge < -0.3 is 19.8 Å². The molecule has 0 atom stereocenters. The van der Waals surface area contributed by atoms with Gasteiger partial charge in [-0.3, -0.25) is 0 Å². The summed E-state index contributed by atoms with van der Waals surface area (Å²) in [6.45, 7) is 1.89. The van der Waals surface area contributed by atoms with Gasteiger partial charge in [0.25, 0.3) is 0 Å². The molecule has 3 rings (SSSR count). The molecule has 1 aromatic heterocycles. The highest BCUT2D eigenvalue weighted by atomic mass is 16.7. The van der Waals surface area contributed by atoms with E-state index in [9.17, 15) is 4.79 Å². The number of carboxylic acid groups (broad SMARTS) is 1. The van der Waals surface area contributed by atoms with Crippen molar-refractivity contribution in [3.8, 4) is 5.75 Å². The molecule has 6 nitrogen and oxygen atoms in total. The van der Waals surface area contributed by atoms with Gasteiger partial charge in [-0.1, -0.05) is 0 Å². The van der Waals surface area contributed by atoms with Gasteiger partial charge in [0.15, 0.2) is 0 Å². The number of aryl methyl sites for hydroxylation is 1. The lowest BCUT2D eigenvalue weighted by Gasteiger charge is -2.01. The van der Waals surface area contributed by atoms with Crippen LogP contribution < -0.4 is 10.4 Å². The van der Waals surface area contributed by atoms with Crippen LogP contribution in [0.15, 0.2) is 17.1 Å². The van der Waals surface area contributed by atoms with E-state index in [2.05, 4.69) is 19.7 Å². The molecule has 0 radical (unpaired) electrons. The van der Waals surface area contributed by atoms with Crippen LogP contribution in [0.4, 0.5) is 4.79 Å². The number of hydrogen-bond donors (Lipinski definition) is 3. The third-order valence-corrected chi connectivity index (χ3v) is 2.87. The summed E-state index contributed by atoms with van der Waals surface area (Å²) < 4.78 is 4.66. The molecule has 1 aliphatic carbocycles. The lowest BCUT2D eigenvalue weighted by atomic mass is 10.2. The third-order valence-electron chi connectivity index (χ3n) is 2.87. The number of hydrogen-bond acceptors (Lipinski definition) is 3. The summed E-state index contributed by atoms with van der Waals surface area (Å²) >= 11 is 0. The number of nitrogens with one attached hydrogen (secondary N) is 2. The molecule has 0 bridgehead atoms. The topological polar surface area (TPSA) is 90.5 Å². The number of imidazole rings is 1. The van der Waals surface area contributed by atoms with E-state index in [-0.39, 0.29) is 0 Å². The van der Waals surface area contributed by atoms with Gasteiger partial charge in [-0.25, -0.2) is 9.79 Å². The summed E-state index contributed by atoms with van der Waals surface area (Å²) in [5, 5.41) is 8.60. The minimum absolute atomic E-state index is 0.306. The van der Waals surface area contributed by atoms with Crippen LogP contribution in [0.5, 0.6) is 5.75 Å². The van der Waals surface area contributed by atoms with E-state index in [1.54, 1.807) is 12.1 Å². The maximum absolute atomic E-state index is 10.5. The van der Waals surface area contributed by atoms with Crippen LogP contribution in [-0.2, 0) is 0 Å². The second-order valence-electron chi connectivity index (χ2n) is 4.49. The Kier molecular flexibility index (Phi) is 2.36. The van der Waals surface area contributed by atoms with Crippen LogP contribution in [0, 0.1) is 6.92 Å². The van der Waals surface area contributed by atoms with E-state index in [4.69, 9.17) is 5.11 Å². The van der Waals surface area contributed by atoms with E-state index in [1.807, 2.05) is 6.92 Å². The fourth-order valence-electron chi connectivity index (χ4n) is 1.91. The Morgan fingerprint density at radius 1 is 1.44 bits per heavy atom. The predicted octanol–water partition coefficient (Wildman–Crippen LogP) is 1.92. The smallest absolute Gasteiger partial charge is 0.449 e. The van der Waals surface area contributed by atoms with E-state index >= 15 is 0 Å². The average molecular weight is 247 g/mol. The maximum atomic E-state index is 10.5. The van der Waals surface area contributed by atoms with Crippen LogP contribution in [0.3, 0.4) is 0 Å². The Morgan fingerprint density at radius 3 is 2.89 bits per heavy atom. The Labute approximate surface area is 102 Å². The standard InChI is InChI=1S/C12H13N3O3/c1-6-4-8(18-12(16)17)5-9-10(6)15-11(14-9)13-7-2-3-7/h4-5,7H,2-3H2,1H3,(H,16,17)(H2,13,14,15). The molecular formula is C12H13N3O3. The summed E-state index contributed by atoms with van der Waals surface area (Å²) in [4.78, 5) is 21.3. The highest BCUT2D eigenvalue weighted by Crippen LogP contribution is 2.23. The van der Waals surface area contributed by atoms with Crippen molar-refractivity contribution in [2.24, 2.45) is 4.99 Å². The van der Waals surface area contributed by atoms with Crippen LogP contribution >= 0.6 is 0 Å². The van der Waals surface area contributed by atoms with Crippen LogP contribution in [0.1, 0.15) is 18.4 Å². The van der Waals surface area contributed by atoms with Gasteiger partial charge in [-0.2, -0.15) is 0 Å². The molecule has 94 valence electrons. The molecular weight excluding hydrogens is 234 g/mol. The van der Waals surface area contributed by atoms with Crippen molar-refractivity contribution in [1.82, 2.24) is 9.97 Å². The van der Waals surface area contributed by atoms with Crippen molar-refractivity contribution in [3.63, 3.8) is 0 Å². The predicted molar refractivity (Wildman–Crippen MR) is 64.6 cm³/mol. The first-order chi connectivity index (χ1) is 8.61. The zero-order valence-electron chi connectivity index (χ0n) is 9.86. The minimum Gasteiger partial charge on any atom is -0.449 e. The number of H-pyrrole nitrogens is 2. The van der Waals surface area contributed by atoms with E-state index in [1.165, 1.54) is 0 Å². The van der Waals surface area contributed by atoms with Crippen molar-refractivity contribution < 1.29 is 14.6 Å². The summed E-state index contributed by atoms with van der Waals surface area (Å²) in [6.07, 6.45) is 0.956. The fraction of sp³-hybridized carbons (Fsp3) is 0.333. The first kappa shape index (κ1) is 10.9. The van der Waals surface area contributed by atoms with E-state index < -0.39 is 6.16 Å². The first-order valence-corrected chi connectivity index (χ1v) is 5.79. The van der Waals surface area contributed by atoms with Crippen LogP contribution in [0.2, 0.25) is 0 Å². The zero-order chi connectivity index (χ0) is 12.7. The molecule has 0 spiro atoms. The average Bonchev–Trinajstić information content (AvgIpc) is 2.96. The van der Waals surface area contributed by atoms with Gasteiger partial charge in [0.05, 0.1) is 17.1 Å². The highest BCUT2D eigenvalue weighted by molar-refractivity contribution is 5.80. The van der Waals surface area contributed by atoms with Crippen molar-refractivity contribution >= 4 is 17.2 Å². The number of aromatic nitrogens is 2. The van der Waals surface area contributed by atoms with Crippen molar-refractivity contribution in [3.05, 3.63) is 23.3 Å². The summed E-state index contributed by atoms with van der Waals surface area (Å²) in [5.41, 5.74) is 3.36. The summed E-state index contributed by atoms with van der Waals surface area (Å²) in [6, 6.07) is 3.75. The van der Waals surface area contributed by atoms with Crippen molar-refractivity contribution in [2.75, 3.05) is 0 Å². The molecule has 3 N–H and O–H groups in total. The van der Waals surface area contributed by atoms with Gasteiger partial charge in [0, 0.05) is 6.07 Å². The summed E-state index contributed by atoms with van der Waals surface area (Å²) in [5.74, 6) is 0.306. The lowest BCUT2D eigenvalue weighted by Crippen LogP contribution is -2.06. The molecule has 1 saturated carbocycles. The SMILES string of the molecule is Cc1cc(OC(=O)O)cc2[nH]c(=NC3CC3)[nH]c12. The number of fused-ring (bicyclic) bond motifs is 1. The molecule has 0 amide bonds. The number of rotatable bonds is 2. The van der Waals surface area contributed by atoms with Gasteiger partial charge in [-0.15, -0.1) is 0 Å². The molecule has 1 aliphatic rings. The molecule has 0 aliphatic heterocycles. The molecule has 1 aromatic carbocycles. The number of benzene rings is 1. The molecule has 1 heterocycles. The van der Waals surface area contributed by atoms with Gasteiger partial charge in [0.2, 0.25) is 5.62 Å². The Morgan fingerprint density at radius 2 is 2.22 bits per heavy atom. The molecule has 2 aromatic rings. The zero-order valence-corrected chi connectivity index (χ0v) is 9.86. The largest absolute Gasteiger partial charge is 0.511 e.